The molecule has 8 nitrogen and oxygen atoms in total. The first-order valence-corrected chi connectivity index (χ1v) is 24.7. The van der Waals surface area contributed by atoms with Gasteiger partial charge >= 0.3 is 7.82 Å². The van der Waals surface area contributed by atoms with Gasteiger partial charge in [0.2, 0.25) is 5.91 Å². The quantitative estimate of drug-likeness (QED) is 0.0246. The zero-order chi connectivity index (χ0) is 40.7. The Morgan fingerprint density at radius 3 is 1.45 bits per heavy atom. The van der Waals surface area contributed by atoms with E-state index in [9.17, 15) is 19.4 Å². The fraction of sp³-hybridized carbons (Fsp3) is 0.891. The van der Waals surface area contributed by atoms with Crippen molar-refractivity contribution in [1.82, 2.24) is 5.32 Å². The first kappa shape index (κ1) is 54.0. The van der Waals surface area contributed by atoms with E-state index in [0.717, 1.165) is 57.8 Å². The Morgan fingerprint density at radius 1 is 0.600 bits per heavy atom. The van der Waals surface area contributed by atoms with Crippen LogP contribution in [0.25, 0.3) is 0 Å². The van der Waals surface area contributed by atoms with E-state index in [1.807, 2.05) is 27.2 Å². The molecular formula is C46H92N2O6P+. The molecule has 1 amide bonds. The molecule has 0 saturated heterocycles. The molecule has 0 aliphatic heterocycles. The second-order valence-corrected chi connectivity index (χ2v) is 18.6. The van der Waals surface area contributed by atoms with Crippen LogP contribution in [0.15, 0.2) is 24.3 Å². The molecule has 0 aromatic rings. The monoisotopic (exact) mass is 800 g/mol. The molecule has 3 atom stereocenters. The molecule has 3 unspecified atom stereocenters. The number of amides is 1. The third kappa shape index (κ3) is 41.0. The largest absolute Gasteiger partial charge is 0.472 e. The van der Waals surface area contributed by atoms with Gasteiger partial charge in [-0.2, -0.15) is 0 Å². The van der Waals surface area contributed by atoms with Crippen molar-refractivity contribution in [3.05, 3.63) is 24.3 Å². The van der Waals surface area contributed by atoms with Crippen molar-refractivity contribution in [2.45, 2.75) is 225 Å². The number of phosphoric ester groups is 1. The lowest BCUT2D eigenvalue weighted by Gasteiger charge is -2.25. The summed E-state index contributed by atoms with van der Waals surface area (Å²) >= 11 is 0. The minimum atomic E-state index is -4.33. The molecule has 0 aromatic heterocycles. The number of unbranched alkanes of at least 4 members (excludes halogenated alkanes) is 27. The number of nitrogens with one attached hydrogen (secondary N) is 1. The van der Waals surface area contributed by atoms with Gasteiger partial charge in [0.25, 0.3) is 0 Å². The van der Waals surface area contributed by atoms with Crippen molar-refractivity contribution in [1.29, 1.82) is 0 Å². The van der Waals surface area contributed by atoms with Crippen molar-refractivity contribution in [3.8, 4) is 0 Å². The Morgan fingerprint density at radius 2 is 1.00 bits per heavy atom. The van der Waals surface area contributed by atoms with Gasteiger partial charge in [0.1, 0.15) is 13.2 Å². The first-order valence-electron chi connectivity index (χ1n) is 23.2. The van der Waals surface area contributed by atoms with E-state index in [2.05, 4.69) is 31.3 Å². The summed E-state index contributed by atoms with van der Waals surface area (Å²) in [6.45, 7) is 4.77. The van der Waals surface area contributed by atoms with E-state index in [1.165, 1.54) is 135 Å². The van der Waals surface area contributed by atoms with Crippen LogP contribution in [0, 0.1) is 0 Å². The SMILES string of the molecule is CCCC/C=C\CCCCCCC(=O)NC(COP(=O)(O)OCC[N+](C)(C)C)C(O)/C=C/CCCCCCCCCCCCCCCCCCCCCCC. The minimum Gasteiger partial charge on any atom is -0.387 e. The highest BCUT2D eigenvalue weighted by Gasteiger charge is 2.27. The maximum absolute atomic E-state index is 12.8. The maximum atomic E-state index is 12.8. The van der Waals surface area contributed by atoms with Crippen LogP contribution >= 0.6 is 7.82 Å². The summed E-state index contributed by atoms with van der Waals surface area (Å²) < 4.78 is 23.5. The molecule has 326 valence electrons. The normalized spacial score (nSPS) is 14.5. The Hall–Kier alpha value is -1.02. The van der Waals surface area contributed by atoms with Crippen LogP contribution in [0.5, 0.6) is 0 Å². The number of nitrogens with zero attached hydrogens (tertiary/aromatic N) is 1. The maximum Gasteiger partial charge on any atom is 0.472 e. The summed E-state index contributed by atoms with van der Waals surface area (Å²) in [6, 6.07) is -0.848. The first-order chi connectivity index (χ1) is 26.5. The topological polar surface area (TPSA) is 105 Å². The van der Waals surface area contributed by atoms with E-state index >= 15 is 0 Å². The van der Waals surface area contributed by atoms with Crippen molar-refractivity contribution in [2.75, 3.05) is 40.9 Å². The molecular weight excluding hydrogens is 707 g/mol. The van der Waals surface area contributed by atoms with Crippen molar-refractivity contribution >= 4 is 13.7 Å². The highest BCUT2D eigenvalue weighted by molar-refractivity contribution is 7.47. The second kappa shape index (κ2) is 38.5. The van der Waals surface area contributed by atoms with Crippen LogP contribution in [-0.4, -0.2) is 73.4 Å². The molecule has 0 aromatic carbocycles. The molecule has 0 aliphatic rings. The summed E-state index contributed by atoms with van der Waals surface area (Å²) in [5.41, 5.74) is 0. The van der Waals surface area contributed by atoms with Crippen LogP contribution < -0.4 is 5.32 Å². The highest BCUT2D eigenvalue weighted by Crippen LogP contribution is 2.43. The van der Waals surface area contributed by atoms with E-state index in [0.29, 0.717) is 17.4 Å². The third-order valence-corrected chi connectivity index (χ3v) is 11.4. The van der Waals surface area contributed by atoms with Gasteiger partial charge in [0.05, 0.1) is 39.9 Å². The average molecular weight is 800 g/mol. The van der Waals surface area contributed by atoms with E-state index in [-0.39, 0.29) is 19.1 Å². The van der Waals surface area contributed by atoms with Crippen LogP contribution in [0.2, 0.25) is 0 Å². The van der Waals surface area contributed by atoms with Gasteiger partial charge in [-0.15, -0.1) is 0 Å². The fourth-order valence-electron chi connectivity index (χ4n) is 6.67. The highest BCUT2D eigenvalue weighted by atomic mass is 31.2. The number of carbonyl (C=O) groups is 1. The van der Waals surface area contributed by atoms with Gasteiger partial charge in [-0.3, -0.25) is 13.8 Å². The molecule has 0 radical (unpaired) electrons. The summed E-state index contributed by atoms with van der Waals surface area (Å²) in [4.78, 5) is 23.0. The van der Waals surface area contributed by atoms with Gasteiger partial charge in [0.15, 0.2) is 0 Å². The number of aliphatic hydroxyl groups excluding tert-OH is 1. The lowest BCUT2D eigenvalue weighted by Crippen LogP contribution is -2.45. The number of hydrogen-bond acceptors (Lipinski definition) is 5. The Labute approximate surface area is 341 Å². The van der Waals surface area contributed by atoms with Gasteiger partial charge in [-0.1, -0.05) is 192 Å². The minimum absolute atomic E-state index is 0.0603. The van der Waals surface area contributed by atoms with Crippen LogP contribution in [0.4, 0.5) is 0 Å². The summed E-state index contributed by atoms with van der Waals surface area (Å²) in [6.07, 6.45) is 45.5. The number of aliphatic hydroxyl groups is 1. The number of hydrogen-bond donors (Lipinski definition) is 3. The zero-order valence-corrected chi connectivity index (χ0v) is 37.8. The molecule has 0 heterocycles. The number of allylic oxidation sites excluding steroid dienone is 3. The molecule has 0 rings (SSSR count). The molecule has 3 N–H and O–H groups in total. The van der Waals surface area contributed by atoms with Crippen LogP contribution in [0.1, 0.15) is 213 Å². The van der Waals surface area contributed by atoms with E-state index in [4.69, 9.17) is 9.05 Å². The van der Waals surface area contributed by atoms with Crippen LogP contribution in [-0.2, 0) is 18.4 Å². The lowest BCUT2D eigenvalue weighted by molar-refractivity contribution is -0.870. The summed E-state index contributed by atoms with van der Waals surface area (Å²) in [7, 11) is 1.57. The van der Waals surface area contributed by atoms with Gasteiger partial charge in [-0.05, 0) is 38.5 Å². The number of quaternary nitrogens is 1. The molecule has 55 heavy (non-hydrogen) atoms. The molecule has 0 aliphatic carbocycles. The van der Waals surface area contributed by atoms with Crippen LogP contribution in [0.3, 0.4) is 0 Å². The number of rotatable bonds is 42. The predicted molar refractivity (Wildman–Crippen MR) is 235 cm³/mol. The molecule has 0 spiro atoms. The lowest BCUT2D eigenvalue weighted by atomic mass is 10.0. The van der Waals surface area contributed by atoms with Crippen molar-refractivity contribution in [2.24, 2.45) is 0 Å². The Kier molecular flexibility index (Phi) is 37.8. The Bertz CT molecular complexity index is 953. The molecule has 0 saturated carbocycles. The molecule has 0 bridgehead atoms. The molecule has 0 fully saturated rings. The number of carbonyl (C=O) groups excluding carboxylic acids is 1. The van der Waals surface area contributed by atoms with Crippen molar-refractivity contribution in [3.63, 3.8) is 0 Å². The van der Waals surface area contributed by atoms with E-state index in [1.54, 1.807) is 6.08 Å². The predicted octanol–water partition coefficient (Wildman–Crippen LogP) is 12.9. The zero-order valence-electron chi connectivity index (χ0n) is 36.9. The average Bonchev–Trinajstić information content (AvgIpc) is 3.13. The van der Waals surface area contributed by atoms with E-state index < -0.39 is 20.0 Å². The van der Waals surface area contributed by atoms with Gasteiger partial charge < -0.3 is 19.8 Å². The standard InChI is InChI=1S/C46H91N2O6P/c1-6-8-10-12-14-16-18-19-20-21-22-23-24-25-26-27-28-29-30-31-33-35-37-39-45(49)44(43-54-55(51,52)53-42-41-48(3,4)5)47-46(50)40-38-36-34-32-17-15-13-11-9-7-2/h13,15,37,39,44-45,49H,6-12,14,16-36,38,40-43H2,1-5H3,(H-,47,50,51,52)/p+1/b15-13-,39-37+. The number of phosphoric acid groups is 1. The fourth-order valence-corrected chi connectivity index (χ4v) is 7.41. The summed E-state index contributed by atoms with van der Waals surface area (Å²) in [5, 5.41) is 13.8. The smallest absolute Gasteiger partial charge is 0.387 e. The van der Waals surface area contributed by atoms with Gasteiger partial charge in [-0.25, -0.2) is 4.57 Å². The van der Waals surface area contributed by atoms with Crippen molar-refractivity contribution < 1.29 is 32.9 Å². The number of likely N-dealkylation sites (N-methyl/N-ethyl adjacent to an activating group) is 1. The summed E-state index contributed by atoms with van der Waals surface area (Å²) in [5.74, 6) is -0.191. The van der Waals surface area contributed by atoms with Gasteiger partial charge in [0, 0.05) is 6.42 Å². The second-order valence-electron chi connectivity index (χ2n) is 17.1. The Balaban J connectivity index is 4.26. The molecule has 9 heteroatoms. The third-order valence-electron chi connectivity index (χ3n) is 10.4.